The van der Waals surface area contributed by atoms with E-state index >= 15 is 0 Å². The summed E-state index contributed by atoms with van der Waals surface area (Å²) in [5.74, 6) is 0. The van der Waals surface area contributed by atoms with E-state index in [1.807, 2.05) is 48.5 Å². The van der Waals surface area contributed by atoms with Crippen molar-refractivity contribution in [3.8, 4) is 11.3 Å². The van der Waals surface area contributed by atoms with E-state index in [2.05, 4.69) is 4.98 Å². The molecule has 0 fully saturated rings. The molecule has 1 N–H and O–H groups in total. The van der Waals surface area contributed by atoms with Crippen LogP contribution in [0.2, 0.25) is 0 Å². The first-order valence-corrected chi connectivity index (χ1v) is 5.19. The first kappa shape index (κ1) is 10.6. The number of benzene rings is 1. The van der Waals surface area contributed by atoms with Crippen LogP contribution < -0.4 is 0 Å². The van der Waals surface area contributed by atoms with Crippen LogP contribution in [0.1, 0.15) is 5.56 Å². The van der Waals surface area contributed by atoms with Gasteiger partial charge in [-0.05, 0) is 17.7 Å². The van der Waals surface area contributed by atoms with Crippen LogP contribution in [0.25, 0.3) is 17.3 Å². The molecule has 0 unspecified atom stereocenters. The lowest BCUT2D eigenvalue weighted by Gasteiger charge is -2.00. The van der Waals surface area contributed by atoms with Crippen LogP contribution in [-0.2, 0) is 0 Å². The van der Waals surface area contributed by atoms with E-state index in [-0.39, 0.29) is 6.61 Å². The average molecular weight is 211 g/mol. The molecule has 1 aromatic heterocycles. The quantitative estimate of drug-likeness (QED) is 0.846. The number of aliphatic hydroxyl groups is 1. The highest BCUT2D eigenvalue weighted by Gasteiger charge is 1.96. The molecule has 0 atom stereocenters. The van der Waals surface area contributed by atoms with E-state index in [1.54, 1.807) is 12.3 Å². The Morgan fingerprint density at radius 2 is 1.88 bits per heavy atom. The van der Waals surface area contributed by atoms with E-state index in [1.165, 1.54) is 0 Å². The standard InChI is InChI=1S/C14H13NO/c16-11-3-4-12-6-8-13(9-7-12)14-5-1-2-10-15-14/h1-10,16H,11H2. The number of nitrogens with zero attached hydrogens (tertiary/aromatic N) is 1. The maximum atomic E-state index is 8.66. The Kier molecular flexibility index (Phi) is 3.46. The second-order valence-corrected chi connectivity index (χ2v) is 3.42. The highest BCUT2D eigenvalue weighted by atomic mass is 16.2. The van der Waals surface area contributed by atoms with Crippen molar-refractivity contribution < 1.29 is 5.11 Å². The van der Waals surface area contributed by atoms with Gasteiger partial charge in [0, 0.05) is 11.8 Å². The van der Waals surface area contributed by atoms with Crippen LogP contribution in [0, 0.1) is 0 Å². The van der Waals surface area contributed by atoms with Crippen LogP contribution in [0.3, 0.4) is 0 Å². The fraction of sp³-hybridized carbons (Fsp3) is 0.0714. The highest BCUT2D eigenvalue weighted by Crippen LogP contribution is 2.17. The van der Waals surface area contributed by atoms with E-state index in [0.29, 0.717) is 0 Å². The number of aromatic nitrogens is 1. The van der Waals surface area contributed by atoms with Gasteiger partial charge in [0.2, 0.25) is 0 Å². The molecular formula is C14H13NO. The number of pyridine rings is 1. The smallest absolute Gasteiger partial charge is 0.0701 e. The average Bonchev–Trinajstić information content (AvgIpc) is 2.38. The molecule has 0 spiro atoms. The molecule has 2 heteroatoms. The van der Waals surface area contributed by atoms with Crippen molar-refractivity contribution >= 4 is 6.08 Å². The fourth-order valence-electron chi connectivity index (χ4n) is 1.49. The third-order valence-electron chi connectivity index (χ3n) is 2.29. The van der Waals surface area contributed by atoms with Crippen molar-refractivity contribution in [2.24, 2.45) is 0 Å². The van der Waals surface area contributed by atoms with Gasteiger partial charge in [-0.3, -0.25) is 4.98 Å². The Labute approximate surface area is 94.9 Å². The number of rotatable bonds is 3. The summed E-state index contributed by atoms with van der Waals surface area (Å²) < 4.78 is 0. The molecule has 0 aliphatic heterocycles. The SMILES string of the molecule is OCC=Cc1ccc(-c2ccccn2)cc1. The first-order chi connectivity index (χ1) is 7.90. The summed E-state index contributed by atoms with van der Waals surface area (Å²) in [5, 5.41) is 8.66. The van der Waals surface area contributed by atoms with Gasteiger partial charge in [0.05, 0.1) is 12.3 Å². The minimum Gasteiger partial charge on any atom is -0.392 e. The molecule has 0 aliphatic rings. The van der Waals surface area contributed by atoms with Crippen LogP contribution in [0.15, 0.2) is 54.7 Å². The monoisotopic (exact) mass is 211 g/mol. The van der Waals surface area contributed by atoms with Crippen molar-refractivity contribution in [1.29, 1.82) is 0 Å². The minimum absolute atomic E-state index is 0.0714. The third kappa shape index (κ3) is 2.55. The second-order valence-electron chi connectivity index (χ2n) is 3.42. The second kappa shape index (κ2) is 5.24. The minimum atomic E-state index is 0.0714. The topological polar surface area (TPSA) is 33.1 Å². The van der Waals surface area contributed by atoms with Gasteiger partial charge < -0.3 is 5.11 Å². The Bertz CT molecular complexity index is 460. The molecule has 1 heterocycles. The summed E-state index contributed by atoms with van der Waals surface area (Å²) in [6, 6.07) is 13.9. The third-order valence-corrected chi connectivity index (χ3v) is 2.29. The molecule has 0 aliphatic carbocycles. The summed E-state index contributed by atoms with van der Waals surface area (Å²) in [4.78, 5) is 4.28. The predicted molar refractivity (Wildman–Crippen MR) is 65.8 cm³/mol. The summed E-state index contributed by atoms with van der Waals surface area (Å²) in [7, 11) is 0. The zero-order valence-corrected chi connectivity index (χ0v) is 8.88. The van der Waals surface area contributed by atoms with E-state index in [9.17, 15) is 0 Å². The number of hydrogen-bond acceptors (Lipinski definition) is 2. The van der Waals surface area contributed by atoms with Crippen molar-refractivity contribution in [1.82, 2.24) is 4.98 Å². The van der Waals surface area contributed by atoms with Crippen LogP contribution in [-0.4, -0.2) is 16.7 Å². The molecular weight excluding hydrogens is 198 g/mol. The Hall–Kier alpha value is -1.93. The van der Waals surface area contributed by atoms with Crippen molar-refractivity contribution in [2.45, 2.75) is 0 Å². The summed E-state index contributed by atoms with van der Waals surface area (Å²) in [6.07, 6.45) is 5.40. The van der Waals surface area contributed by atoms with Gasteiger partial charge in [0.15, 0.2) is 0 Å². The largest absolute Gasteiger partial charge is 0.392 e. The molecule has 2 nitrogen and oxygen atoms in total. The van der Waals surface area contributed by atoms with Gasteiger partial charge in [0.1, 0.15) is 0 Å². The zero-order chi connectivity index (χ0) is 11.2. The van der Waals surface area contributed by atoms with Gasteiger partial charge in [-0.2, -0.15) is 0 Å². The Balaban J connectivity index is 2.23. The van der Waals surface area contributed by atoms with Crippen molar-refractivity contribution in [3.05, 3.63) is 60.3 Å². The summed E-state index contributed by atoms with van der Waals surface area (Å²) >= 11 is 0. The lowest BCUT2D eigenvalue weighted by molar-refractivity contribution is 0.343. The van der Waals surface area contributed by atoms with Crippen LogP contribution in [0.4, 0.5) is 0 Å². The highest BCUT2D eigenvalue weighted by molar-refractivity contribution is 5.62. The normalized spacial score (nSPS) is 10.8. The molecule has 0 saturated carbocycles. The summed E-state index contributed by atoms with van der Waals surface area (Å²) in [6.45, 7) is 0.0714. The number of hydrogen-bond donors (Lipinski definition) is 1. The van der Waals surface area contributed by atoms with Gasteiger partial charge >= 0.3 is 0 Å². The maximum absolute atomic E-state index is 8.66. The molecule has 0 amide bonds. The molecule has 0 bridgehead atoms. The van der Waals surface area contributed by atoms with Crippen molar-refractivity contribution in [3.63, 3.8) is 0 Å². The number of aliphatic hydroxyl groups excluding tert-OH is 1. The van der Waals surface area contributed by atoms with Crippen LogP contribution in [0.5, 0.6) is 0 Å². The lowest BCUT2D eigenvalue weighted by Crippen LogP contribution is -1.82. The van der Waals surface area contributed by atoms with Gasteiger partial charge in [-0.25, -0.2) is 0 Å². The summed E-state index contributed by atoms with van der Waals surface area (Å²) in [5.41, 5.74) is 3.15. The van der Waals surface area contributed by atoms with Crippen LogP contribution >= 0.6 is 0 Å². The Morgan fingerprint density at radius 1 is 1.06 bits per heavy atom. The molecule has 0 saturated heterocycles. The fourth-order valence-corrected chi connectivity index (χ4v) is 1.49. The molecule has 2 rings (SSSR count). The lowest BCUT2D eigenvalue weighted by atomic mass is 10.1. The zero-order valence-electron chi connectivity index (χ0n) is 8.88. The van der Waals surface area contributed by atoms with E-state index in [4.69, 9.17) is 5.11 Å². The molecule has 16 heavy (non-hydrogen) atoms. The van der Waals surface area contributed by atoms with Gasteiger partial charge in [-0.1, -0.05) is 42.5 Å². The molecule has 0 radical (unpaired) electrons. The van der Waals surface area contributed by atoms with Gasteiger partial charge in [-0.15, -0.1) is 0 Å². The van der Waals surface area contributed by atoms with E-state index in [0.717, 1.165) is 16.8 Å². The maximum Gasteiger partial charge on any atom is 0.0701 e. The van der Waals surface area contributed by atoms with E-state index < -0.39 is 0 Å². The molecule has 80 valence electrons. The van der Waals surface area contributed by atoms with Gasteiger partial charge in [0.25, 0.3) is 0 Å². The first-order valence-electron chi connectivity index (χ1n) is 5.19. The predicted octanol–water partition coefficient (Wildman–Crippen LogP) is 2.75. The van der Waals surface area contributed by atoms with Crippen molar-refractivity contribution in [2.75, 3.05) is 6.61 Å². The Morgan fingerprint density at radius 3 is 2.50 bits per heavy atom. The molecule has 1 aromatic carbocycles. The molecule has 2 aromatic rings.